The third kappa shape index (κ3) is 10.8. The van der Waals surface area contributed by atoms with Gasteiger partial charge in [-0.2, -0.15) is 17.0 Å². The van der Waals surface area contributed by atoms with Crippen molar-refractivity contribution in [1.29, 1.82) is 0 Å². The Morgan fingerprint density at radius 3 is 2.67 bits per heavy atom. The fraction of sp³-hybridized carbons (Fsp3) is 0.520. The Balaban J connectivity index is 1.91. The topological polar surface area (TPSA) is 112 Å². The van der Waals surface area contributed by atoms with Crippen LogP contribution in [0.25, 0.3) is 11.4 Å². The van der Waals surface area contributed by atoms with Crippen LogP contribution in [0.4, 0.5) is 0 Å². The van der Waals surface area contributed by atoms with E-state index in [1.165, 1.54) is 56.7 Å². The first-order valence-electron chi connectivity index (χ1n) is 11.8. The molecule has 2 rings (SSSR count). The van der Waals surface area contributed by atoms with E-state index in [1.807, 2.05) is 42.5 Å². The quantitative estimate of drug-likeness (QED) is 0.199. The Morgan fingerprint density at radius 2 is 1.94 bits per heavy atom. The van der Waals surface area contributed by atoms with Crippen molar-refractivity contribution in [2.75, 3.05) is 5.75 Å². The van der Waals surface area contributed by atoms with Crippen LogP contribution in [0.15, 0.2) is 48.6 Å². The van der Waals surface area contributed by atoms with Crippen LogP contribution in [0.2, 0.25) is 0 Å². The van der Waals surface area contributed by atoms with Crippen molar-refractivity contribution in [3.05, 3.63) is 54.1 Å². The van der Waals surface area contributed by atoms with Gasteiger partial charge in [-0.1, -0.05) is 88.0 Å². The second-order valence-corrected chi connectivity index (χ2v) is 9.29. The number of tetrazole rings is 1. The van der Waals surface area contributed by atoms with Crippen LogP contribution < -0.4 is 0 Å². The van der Waals surface area contributed by atoms with Gasteiger partial charge >= 0.3 is 5.97 Å². The van der Waals surface area contributed by atoms with Gasteiger partial charge in [0.2, 0.25) is 5.82 Å². The molecule has 7 nitrogen and oxygen atoms in total. The zero-order chi connectivity index (χ0) is 23.7. The van der Waals surface area contributed by atoms with Gasteiger partial charge in [0.15, 0.2) is 0 Å². The highest BCUT2D eigenvalue weighted by atomic mass is 32.2. The van der Waals surface area contributed by atoms with Crippen molar-refractivity contribution in [2.45, 2.75) is 76.1 Å². The molecule has 1 heterocycles. The Bertz CT molecular complexity index is 855. The molecule has 0 saturated heterocycles. The fourth-order valence-corrected chi connectivity index (χ4v) is 4.54. The van der Waals surface area contributed by atoms with Gasteiger partial charge in [0, 0.05) is 11.3 Å². The first-order chi connectivity index (χ1) is 16.1. The van der Waals surface area contributed by atoms with Crippen LogP contribution in [0.3, 0.4) is 0 Å². The predicted molar refractivity (Wildman–Crippen MR) is 134 cm³/mol. The number of carbonyl (C=O) groups is 1. The molecule has 0 amide bonds. The second kappa shape index (κ2) is 16.2. The smallest absolute Gasteiger partial charge is 0.304 e. The number of carboxylic acid groups (broad SMARTS) is 1. The molecule has 33 heavy (non-hydrogen) atoms. The Hall–Kier alpha value is -2.45. The summed E-state index contributed by atoms with van der Waals surface area (Å²) in [5.74, 6) is 0.0459. The van der Waals surface area contributed by atoms with Crippen LogP contribution >= 0.6 is 11.8 Å². The van der Waals surface area contributed by atoms with Gasteiger partial charge in [-0.25, -0.2) is 0 Å². The number of aliphatic hydroxyl groups is 1. The number of nitrogens with one attached hydrogen (secondary N) is 1. The van der Waals surface area contributed by atoms with E-state index in [0.29, 0.717) is 11.6 Å². The highest BCUT2D eigenvalue weighted by molar-refractivity contribution is 8.00. The number of aromatic nitrogens is 4. The van der Waals surface area contributed by atoms with E-state index in [2.05, 4.69) is 33.6 Å². The van der Waals surface area contributed by atoms with Gasteiger partial charge in [-0.05, 0) is 29.7 Å². The van der Waals surface area contributed by atoms with Gasteiger partial charge < -0.3 is 10.2 Å². The van der Waals surface area contributed by atoms with Crippen molar-refractivity contribution in [3.8, 4) is 11.4 Å². The van der Waals surface area contributed by atoms with E-state index in [4.69, 9.17) is 5.11 Å². The average molecular weight is 473 g/mol. The number of unbranched alkanes of at least 4 members (excludes halogenated alkanes) is 7. The predicted octanol–water partition coefficient (Wildman–Crippen LogP) is 5.73. The number of thioether (sulfide) groups is 1. The molecule has 3 N–H and O–H groups in total. The third-order valence-corrected chi connectivity index (χ3v) is 6.53. The summed E-state index contributed by atoms with van der Waals surface area (Å²) in [6, 6.07) is 7.39. The van der Waals surface area contributed by atoms with E-state index in [0.717, 1.165) is 17.5 Å². The number of aliphatic hydroxyl groups excluding tert-OH is 1. The maximum Gasteiger partial charge on any atom is 0.304 e. The zero-order valence-corrected chi connectivity index (χ0v) is 20.2. The van der Waals surface area contributed by atoms with Crippen LogP contribution in [0.1, 0.15) is 76.4 Å². The molecule has 1 aromatic heterocycles. The Morgan fingerprint density at radius 1 is 1.15 bits per heavy atom. The molecular formula is C25H36N4O3S. The van der Waals surface area contributed by atoms with Crippen molar-refractivity contribution in [2.24, 2.45) is 0 Å². The summed E-state index contributed by atoms with van der Waals surface area (Å²) in [5.41, 5.74) is 1.48. The molecule has 8 heteroatoms. The lowest BCUT2D eigenvalue weighted by Crippen LogP contribution is -2.14. The van der Waals surface area contributed by atoms with Crippen LogP contribution in [-0.2, 0) is 4.79 Å². The van der Waals surface area contributed by atoms with Gasteiger partial charge in [0.1, 0.15) is 0 Å². The van der Waals surface area contributed by atoms with Crippen molar-refractivity contribution in [1.82, 2.24) is 20.6 Å². The standard InChI is InChI=1S/C25H36N4O3S/c1-2-3-4-5-6-7-8-9-10-11-12-16-22(33-18-17-23(30)31)24(32)20-14-13-15-21(19-20)25-26-28-29-27-25/h10-16,19,22,24,32H,2-9,17-18H2,1H3,(H,30,31)(H,26,27,28,29)/b11-10-,16-12-/t22-,24+/m1/s1. The highest BCUT2D eigenvalue weighted by Gasteiger charge is 2.20. The SMILES string of the molecule is CCCCCCCCC/C=C\C=C/[C@@H](SCCC(=O)O)[C@@H](O)c1cccc(-c2nn[nH]n2)c1. The molecule has 1 aromatic carbocycles. The molecule has 0 fully saturated rings. The molecule has 0 aliphatic carbocycles. The average Bonchev–Trinajstić information content (AvgIpc) is 3.36. The number of allylic oxidation sites excluding steroid dienone is 3. The maximum atomic E-state index is 11.0. The molecule has 0 bridgehead atoms. The van der Waals surface area contributed by atoms with E-state index >= 15 is 0 Å². The molecule has 0 unspecified atom stereocenters. The summed E-state index contributed by atoms with van der Waals surface area (Å²) < 4.78 is 0. The lowest BCUT2D eigenvalue weighted by atomic mass is 10.0. The summed E-state index contributed by atoms with van der Waals surface area (Å²) in [4.78, 5) is 10.9. The number of nitrogens with zero attached hydrogens (tertiary/aromatic N) is 3. The van der Waals surface area contributed by atoms with Crippen LogP contribution in [-0.4, -0.2) is 47.8 Å². The second-order valence-electron chi connectivity index (χ2n) is 8.01. The molecule has 0 radical (unpaired) electrons. The number of aliphatic carboxylic acids is 1. The maximum absolute atomic E-state index is 11.0. The Labute approximate surface area is 200 Å². The van der Waals surface area contributed by atoms with E-state index < -0.39 is 12.1 Å². The number of benzene rings is 1. The Kier molecular flexibility index (Phi) is 13.2. The zero-order valence-electron chi connectivity index (χ0n) is 19.4. The lowest BCUT2D eigenvalue weighted by Gasteiger charge is -2.20. The molecule has 0 saturated carbocycles. The molecular weight excluding hydrogens is 436 g/mol. The highest BCUT2D eigenvalue weighted by Crippen LogP contribution is 2.30. The summed E-state index contributed by atoms with van der Waals surface area (Å²) in [6.07, 6.45) is 17.4. The molecule has 2 aromatic rings. The number of H-pyrrole nitrogens is 1. The van der Waals surface area contributed by atoms with Gasteiger partial charge in [-0.3, -0.25) is 4.79 Å². The van der Waals surface area contributed by atoms with Gasteiger partial charge in [0.05, 0.1) is 17.8 Å². The summed E-state index contributed by atoms with van der Waals surface area (Å²) in [6.45, 7) is 2.24. The van der Waals surface area contributed by atoms with Crippen molar-refractivity contribution < 1.29 is 15.0 Å². The monoisotopic (exact) mass is 472 g/mol. The summed E-state index contributed by atoms with van der Waals surface area (Å²) in [5, 5.41) is 33.7. The van der Waals surface area contributed by atoms with Gasteiger partial charge in [0.25, 0.3) is 0 Å². The first-order valence-corrected chi connectivity index (χ1v) is 12.8. The van der Waals surface area contributed by atoms with E-state index in [-0.39, 0.29) is 11.7 Å². The van der Waals surface area contributed by atoms with Crippen LogP contribution in [0.5, 0.6) is 0 Å². The summed E-state index contributed by atoms with van der Waals surface area (Å²) in [7, 11) is 0. The molecule has 180 valence electrons. The lowest BCUT2D eigenvalue weighted by molar-refractivity contribution is -0.136. The van der Waals surface area contributed by atoms with E-state index in [9.17, 15) is 9.90 Å². The largest absolute Gasteiger partial charge is 0.481 e. The van der Waals surface area contributed by atoms with Crippen molar-refractivity contribution >= 4 is 17.7 Å². The molecule has 0 aliphatic heterocycles. The number of aromatic amines is 1. The van der Waals surface area contributed by atoms with Gasteiger partial charge in [-0.15, -0.1) is 10.2 Å². The minimum atomic E-state index is -0.839. The first kappa shape index (κ1) is 26.8. The molecule has 0 aliphatic rings. The molecule has 0 spiro atoms. The number of rotatable bonds is 17. The number of hydrogen-bond acceptors (Lipinski definition) is 6. The van der Waals surface area contributed by atoms with Crippen LogP contribution in [0, 0.1) is 0 Å². The molecule has 2 atom stereocenters. The third-order valence-electron chi connectivity index (χ3n) is 5.29. The minimum Gasteiger partial charge on any atom is -0.481 e. The van der Waals surface area contributed by atoms with E-state index in [1.54, 1.807) is 0 Å². The minimum absolute atomic E-state index is 0.0543. The number of hydrogen-bond donors (Lipinski definition) is 3. The normalized spacial score (nSPS) is 13.6. The van der Waals surface area contributed by atoms with Crippen molar-refractivity contribution in [3.63, 3.8) is 0 Å². The number of carboxylic acids is 1. The fourth-order valence-electron chi connectivity index (χ4n) is 3.44. The summed E-state index contributed by atoms with van der Waals surface area (Å²) >= 11 is 1.44.